The topological polar surface area (TPSA) is 34.6 Å². The van der Waals surface area contributed by atoms with Gasteiger partial charge in [-0.25, -0.2) is 9.98 Å². The lowest BCUT2D eigenvalue weighted by Crippen LogP contribution is -2.11. The summed E-state index contributed by atoms with van der Waals surface area (Å²) in [5.41, 5.74) is 6.49. The zero-order valence-electron chi connectivity index (χ0n) is 17.8. The minimum atomic E-state index is 0.894. The van der Waals surface area contributed by atoms with Crippen LogP contribution in [0.5, 0.6) is 0 Å². The highest BCUT2D eigenvalue weighted by molar-refractivity contribution is 7.07. The molecular formula is C26H22N4S2. The van der Waals surface area contributed by atoms with E-state index in [4.69, 9.17) is 9.98 Å². The smallest absolute Gasteiger partial charge is 0.190 e. The maximum absolute atomic E-state index is 4.88. The van der Waals surface area contributed by atoms with Gasteiger partial charge in [-0.15, -0.1) is 22.7 Å². The lowest BCUT2D eigenvalue weighted by Gasteiger charge is -2.03. The molecule has 0 aliphatic carbocycles. The molecule has 0 aliphatic heterocycles. The molecule has 0 atom stereocenters. The van der Waals surface area contributed by atoms with Crippen molar-refractivity contribution in [2.75, 3.05) is 0 Å². The number of benzene rings is 3. The largest absolute Gasteiger partial charge is 0.320 e. The molecule has 0 amide bonds. The zero-order chi connectivity index (χ0) is 21.9. The lowest BCUT2D eigenvalue weighted by atomic mass is 10.2. The number of thiazole rings is 2. The molecule has 5 aromatic rings. The van der Waals surface area contributed by atoms with Gasteiger partial charge in [0.2, 0.25) is 0 Å². The molecule has 0 fully saturated rings. The van der Waals surface area contributed by atoms with Crippen molar-refractivity contribution in [2.45, 2.75) is 0 Å². The summed E-state index contributed by atoms with van der Waals surface area (Å²) in [6.07, 6.45) is 0. The average molecular weight is 455 g/mol. The summed E-state index contributed by atoms with van der Waals surface area (Å²) in [6, 6.07) is 28.9. The Balaban J connectivity index is 1.49. The van der Waals surface area contributed by atoms with Gasteiger partial charge in [0.05, 0.1) is 22.8 Å². The highest BCUT2D eigenvalue weighted by atomic mass is 32.1. The van der Waals surface area contributed by atoms with Crippen molar-refractivity contribution < 1.29 is 0 Å². The van der Waals surface area contributed by atoms with Gasteiger partial charge in [-0.2, -0.15) is 0 Å². The fourth-order valence-corrected chi connectivity index (χ4v) is 5.39. The van der Waals surface area contributed by atoms with E-state index in [0.717, 1.165) is 32.4 Å². The van der Waals surface area contributed by atoms with Crippen molar-refractivity contribution in [1.82, 2.24) is 9.13 Å². The predicted octanol–water partition coefficient (Wildman–Crippen LogP) is 6.29. The van der Waals surface area contributed by atoms with Gasteiger partial charge in [-0.05, 0) is 29.3 Å². The molecule has 0 aliphatic rings. The van der Waals surface area contributed by atoms with Crippen molar-refractivity contribution >= 4 is 34.0 Å². The Morgan fingerprint density at radius 1 is 0.562 bits per heavy atom. The molecule has 32 heavy (non-hydrogen) atoms. The van der Waals surface area contributed by atoms with Gasteiger partial charge >= 0.3 is 0 Å². The first-order valence-electron chi connectivity index (χ1n) is 10.3. The van der Waals surface area contributed by atoms with E-state index in [-0.39, 0.29) is 0 Å². The highest BCUT2D eigenvalue weighted by Gasteiger charge is 2.06. The third-order valence-corrected chi connectivity index (χ3v) is 7.10. The summed E-state index contributed by atoms with van der Waals surface area (Å²) in [4.78, 5) is 11.7. The third-order valence-electron chi connectivity index (χ3n) is 5.27. The highest BCUT2D eigenvalue weighted by Crippen LogP contribution is 2.23. The predicted molar refractivity (Wildman–Crippen MR) is 134 cm³/mol. The van der Waals surface area contributed by atoms with Crippen LogP contribution in [0.15, 0.2) is 106 Å². The van der Waals surface area contributed by atoms with Crippen LogP contribution in [-0.2, 0) is 14.1 Å². The minimum absolute atomic E-state index is 0.894. The fourth-order valence-electron chi connectivity index (χ4n) is 3.54. The van der Waals surface area contributed by atoms with Crippen molar-refractivity contribution in [1.29, 1.82) is 0 Å². The van der Waals surface area contributed by atoms with Crippen LogP contribution in [0.4, 0.5) is 11.4 Å². The molecule has 4 nitrogen and oxygen atoms in total. The van der Waals surface area contributed by atoms with Crippen molar-refractivity contribution in [3.8, 4) is 22.5 Å². The molecule has 0 bridgehead atoms. The Bertz CT molecular complexity index is 1380. The first-order chi connectivity index (χ1) is 15.7. The first-order valence-corrected chi connectivity index (χ1v) is 12.0. The average Bonchev–Trinajstić information content (AvgIpc) is 3.38. The first kappa shape index (κ1) is 20.4. The summed E-state index contributed by atoms with van der Waals surface area (Å²) in [7, 11) is 4.12. The second kappa shape index (κ2) is 8.94. The summed E-state index contributed by atoms with van der Waals surface area (Å²) in [6.45, 7) is 0. The van der Waals surface area contributed by atoms with Crippen LogP contribution in [-0.4, -0.2) is 9.13 Å². The molecule has 0 saturated carbocycles. The van der Waals surface area contributed by atoms with Gasteiger partial charge in [0.25, 0.3) is 0 Å². The van der Waals surface area contributed by atoms with Gasteiger partial charge in [0.1, 0.15) is 0 Å². The van der Waals surface area contributed by atoms with E-state index in [0.29, 0.717) is 0 Å². The van der Waals surface area contributed by atoms with Crippen LogP contribution in [0, 0.1) is 0 Å². The van der Waals surface area contributed by atoms with E-state index in [1.54, 1.807) is 22.7 Å². The van der Waals surface area contributed by atoms with Crippen molar-refractivity contribution in [3.05, 3.63) is 105 Å². The summed E-state index contributed by atoms with van der Waals surface area (Å²) in [5.74, 6) is 0. The monoisotopic (exact) mass is 454 g/mol. The molecule has 0 saturated heterocycles. The number of hydrogen-bond acceptors (Lipinski definition) is 4. The molecule has 0 radical (unpaired) electrons. The quantitative estimate of drug-likeness (QED) is 0.306. The normalized spacial score (nSPS) is 12.4. The number of hydrogen-bond donors (Lipinski definition) is 0. The maximum Gasteiger partial charge on any atom is 0.190 e. The molecule has 6 heteroatoms. The number of aromatic nitrogens is 2. The Morgan fingerprint density at radius 2 is 1.00 bits per heavy atom. The van der Waals surface area contributed by atoms with Crippen LogP contribution in [0.3, 0.4) is 0 Å². The van der Waals surface area contributed by atoms with Gasteiger partial charge in [0.15, 0.2) is 9.60 Å². The minimum Gasteiger partial charge on any atom is -0.320 e. The maximum atomic E-state index is 4.88. The SMILES string of the molecule is Cn1c(-c2ccccc2)csc1=Nc1cccc(N=c2scc(-c3ccccc3)n2C)c1. The molecule has 0 unspecified atom stereocenters. The van der Waals surface area contributed by atoms with E-state index >= 15 is 0 Å². The molecular weight excluding hydrogens is 432 g/mol. The summed E-state index contributed by atoms with van der Waals surface area (Å²) >= 11 is 3.29. The van der Waals surface area contributed by atoms with Crippen LogP contribution < -0.4 is 9.60 Å². The fraction of sp³-hybridized carbons (Fsp3) is 0.0769. The molecule has 0 N–H and O–H groups in total. The third kappa shape index (κ3) is 4.15. The van der Waals surface area contributed by atoms with Gasteiger partial charge in [-0.1, -0.05) is 66.7 Å². The van der Waals surface area contributed by atoms with Crippen LogP contribution >= 0.6 is 22.7 Å². The summed E-state index contributed by atoms with van der Waals surface area (Å²) in [5, 5.41) is 4.30. The second-order valence-electron chi connectivity index (χ2n) is 7.40. The van der Waals surface area contributed by atoms with E-state index < -0.39 is 0 Å². The van der Waals surface area contributed by atoms with Crippen LogP contribution in [0.1, 0.15) is 0 Å². The number of nitrogens with zero attached hydrogens (tertiary/aromatic N) is 4. The van der Waals surface area contributed by atoms with E-state index in [2.05, 4.69) is 82.5 Å². The molecule has 3 aromatic carbocycles. The van der Waals surface area contributed by atoms with Gasteiger partial charge in [-0.3, -0.25) is 0 Å². The Hall–Kier alpha value is -3.48. The zero-order valence-corrected chi connectivity index (χ0v) is 19.5. The summed E-state index contributed by atoms with van der Waals surface area (Å²) < 4.78 is 4.27. The van der Waals surface area contributed by atoms with E-state index in [1.165, 1.54) is 11.1 Å². The molecule has 2 aromatic heterocycles. The number of rotatable bonds is 4. The van der Waals surface area contributed by atoms with Gasteiger partial charge < -0.3 is 9.13 Å². The molecule has 2 heterocycles. The van der Waals surface area contributed by atoms with Gasteiger partial charge in [0, 0.05) is 24.9 Å². The Kier molecular flexibility index (Phi) is 5.71. The standard InChI is InChI=1S/C26H22N4S2/c1-29-23(19-10-5-3-6-11-19)17-31-25(29)27-21-14-9-15-22(16-21)28-26-30(2)24(18-32-26)20-12-7-4-8-13-20/h3-18H,1-2H3. The van der Waals surface area contributed by atoms with E-state index in [1.807, 2.05) is 36.4 Å². The second-order valence-corrected chi connectivity index (χ2v) is 9.07. The molecule has 0 spiro atoms. The van der Waals surface area contributed by atoms with E-state index in [9.17, 15) is 0 Å². The Morgan fingerprint density at radius 3 is 1.44 bits per heavy atom. The molecule has 5 rings (SSSR count). The molecule has 158 valence electrons. The lowest BCUT2D eigenvalue weighted by molar-refractivity contribution is 0.881. The van der Waals surface area contributed by atoms with Crippen LogP contribution in [0.25, 0.3) is 22.5 Å². The van der Waals surface area contributed by atoms with Crippen molar-refractivity contribution in [3.63, 3.8) is 0 Å². The van der Waals surface area contributed by atoms with Crippen LogP contribution in [0.2, 0.25) is 0 Å². The van der Waals surface area contributed by atoms with Crippen molar-refractivity contribution in [2.24, 2.45) is 24.1 Å². The Labute approximate surface area is 194 Å².